The standard InChI is InChI=1S/C12H17NO8/c13-3-12(1-4-9(19-4)10(12)18)21-11-8(17)7(16)6(15)5(2-14)20-11/h4-11,14-18H,1-2H2. The van der Waals surface area contributed by atoms with Gasteiger partial charge in [0.15, 0.2) is 11.9 Å². The molecule has 3 aliphatic rings. The van der Waals surface area contributed by atoms with Gasteiger partial charge in [-0.05, 0) is 0 Å². The van der Waals surface area contributed by atoms with E-state index in [0.717, 1.165) is 0 Å². The predicted octanol–water partition coefficient (Wildman–Crippen LogP) is -3.40. The fourth-order valence-electron chi connectivity index (χ4n) is 2.91. The van der Waals surface area contributed by atoms with E-state index in [-0.39, 0.29) is 12.5 Å². The van der Waals surface area contributed by atoms with Gasteiger partial charge in [-0.15, -0.1) is 0 Å². The van der Waals surface area contributed by atoms with Gasteiger partial charge in [-0.2, -0.15) is 5.26 Å². The first-order chi connectivity index (χ1) is 9.93. The Morgan fingerprint density at radius 1 is 1.14 bits per heavy atom. The molecule has 0 amide bonds. The third-order valence-electron chi connectivity index (χ3n) is 4.28. The highest BCUT2D eigenvalue weighted by Crippen LogP contribution is 2.47. The van der Waals surface area contributed by atoms with Crippen LogP contribution < -0.4 is 0 Å². The SMILES string of the molecule is N#CC1(OC2OC(CO)C(O)C(O)C2O)CC2OC2C1O. The summed E-state index contributed by atoms with van der Waals surface area (Å²) in [4.78, 5) is 0. The fourth-order valence-corrected chi connectivity index (χ4v) is 2.91. The second kappa shape index (κ2) is 5.12. The maximum absolute atomic E-state index is 10.0. The van der Waals surface area contributed by atoms with Crippen molar-refractivity contribution < 1.29 is 39.7 Å². The third-order valence-corrected chi connectivity index (χ3v) is 4.28. The quantitative estimate of drug-likeness (QED) is 0.335. The van der Waals surface area contributed by atoms with Crippen molar-refractivity contribution in [2.45, 2.75) is 61.0 Å². The molecule has 2 heterocycles. The van der Waals surface area contributed by atoms with Gasteiger partial charge in [0, 0.05) is 6.42 Å². The van der Waals surface area contributed by atoms with Crippen molar-refractivity contribution in [3.63, 3.8) is 0 Å². The van der Waals surface area contributed by atoms with Gasteiger partial charge in [0.05, 0.1) is 12.7 Å². The van der Waals surface area contributed by atoms with Crippen LogP contribution in [0.5, 0.6) is 0 Å². The van der Waals surface area contributed by atoms with Crippen molar-refractivity contribution in [2.24, 2.45) is 0 Å². The van der Waals surface area contributed by atoms with Gasteiger partial charge in [0.2, 0.25) is 0 Å². The topological polar surface area (TPSA) is 156 Å². The van der Waals surface area contributed by atoms with E-state index in [0.29, 0.717) is 0 Å². The Kier molecular flexibility index (Phi) is 3.67. The fraction of sp³-hybridized carbons (Fsp3) is 0.917. The van der Waals surface area contributed by atoms with E-state index in [9.17, 15) is 25.7 Å². The van der Waals surface area contributed by atoms with Crippen LogP contribution in [-0.2, 0) is 14.2 Å². The molecule has 3 rings (SSSR count). The Morgan fingerprint density at radius 3 is 2.38 bits per heavy atom. The molecule has 9 heteroatoms. The summed E-state index contributed by atoms with van der Waals surface area (Å²) < 4.78 is 15.7. The molecule has 9 nitrogen and oxygen atoms in total. The predicted molar refractivity (Wildman–Crippen MR) is 62.5 cm³/mol. The lowest BCUT2D eigenvalue weighted by Gasteiger charge is -2.42. The molecule has 9 atom stereocenters. The molecule has 9 unspecified atom stereocenters. The molecule has 1 aliphatic carbocycles. The summed E-state index contributed by atoms with van der Waals surface area (Å²) in [5.74, 6) is 0. The lowest BCUT2D eigenvalue weighted by molar-refractivity contribution is -0.328. The van der Waals surface area contributed by atoms with E-state index < -0.39 is 55.1 Å². The van der Waals surface area contributed by atoms with Crippen LogP contribution in [0.2, 0.25) is 0 Å². The third kappa shape index (κ3) is 2.25. The van der Waals surface area contributed by atoms with E-state index in [1.165, 1.54) is 0 Å². The van der Waals surface area contributed by atoms with Crippen LogP contribution in [0.4, 0.5) is 0 Å². The van der Waals surface area contributed by atoms with Crippen molar-refractivity contribution in [1.82, 2.24) is 0 Å². The number of fused-ring (bicyclic) bond motifs is 1. The average molecular weight is 303 g/mol. The van der Waals surface area contributed by atoms with Gasteiger partial charge in [0.25, 0.3) is 0 Å². The smallest absolute Gasteiger partial charge is 0.188 e. The number of epoxide rings is 1. The van der Waals surface area contributed by atoms with Gasteiger partial charge in [0.1, 0.15) is 42.7 Å². The number of hydrogen-bond acceptors (Lipinski definition) is 9. The highest BCUT2D eigenvalue weighted by atomic mass is 16.7. The number of hydrogen-bond donors (Lipinski definition) is 5. The highest BCUT2D eigenvalue weighted by Gasteiger charge is 2.66. The number of rotatable bonds is 3. The summed E-state index contributed by atoms with van der Waals surface area (Å²) in [5.41, 5.74) is -1.61. The lowest BCUT2D eigenvalue weighted by atomic mass is 9.97. The molecule has 0 aromatic carbocycles. The van der Waals surface area contributed by atoms with Crippen LogP contribution in [0, 0.1) is 11.3 Å². The molecular weight excluding hydrogens is 286 g/mol. The molecule has 21 heavy (non-hydrogen) atoms. The van der Waals surface area contributed by atoms with Gasteiger partial charge in [-0.25, -0.2) is 0 Å². The van der Waals surface area contributed by atoms with Gasteiger partial charge < -0.3 is 39.7 Å². The van der Waals surface area contributed by atoms with Gasteiger partial charge in [-0.1, -0.05) is 0 Å². The maximum atomic E-state index is 10.0. The van der Waals surface area contributed by atoms with E-state index >= 15 is 0 Å². The zero-order chi connectivity index (χ0) is 15.4. The minimum Gasteiger partial charge on any atom is -0.394 e. The number of ether oxygens (including phenoxy) is 3. The van der Waals surface area contributed by atoms with E-state index in [2.05, 4.69) is 0 Å². The van der Waals surface area contributed by atoms with Crippen LogP contribution in [0.25, 0.3) is 0 Å². The van der Waals surface area contributed by atoms with Gasteiger partial charge in [-0.3, -0.25) is 0 Å². The summed E-state index contributed by atoms with van der Waals surface area (Å²) in [5, 5.41) is 57.7. The first-order valence-electron chi connectivity index (χ1n) is 6.66. The Labute approximate surface area is 119 Å². The minimum absolute atomic E-state index is 0.115. The van der Waals surface area contributed by atoms with Crippen LogP contribution in [-0.4, -0.2) is 86.8 Å². The largest absolute Gasteiger partial charge is 0.394 e. The molecule has 5 N–H and O–H groups in total. The molecule has 2 aliphatic heterocycles. The number of aliphatic hydroxyl groups excluding tert-OH is 5. The monoisotopic (exact) mass is 303 g/mol. The van der Waals surface area contributed by atoms with Crippen molar-refractivity contribution in [3.05, 3.63) is 0 Å². The Morgan fingerprint density at radius 2 is 1.86 bits per heavy atom. The van der Waals surface area contributed by atoms with Gasteiger partial charge >= 0.3 is 0 Å². The van der Waals surface area contributed by atoms with Crippen LogP contribution >= 0.6 is 0 Å². The van der Waals surface area contributed by atoms with Crippen molar-refractivity contribution >= 4 is 0 Å². The van der Waals surface area contributed by atoms with Crippen molar-refractivity contribution in [3.8, 4) is 6.07 Å². The molecule has 0 bridgehead atoms. The number of aliphatic hydroxyl groups is 5. The lowest BCUT2D eigenvalue weighted by Crippen LogP contribution is -2.61. The highest BCUT2D eigenvalue weighted by molar-refractivity contribution is 5.22. The summed E-state index contributed by atoms with van der Waals surface area (Å²) in [6.45, 7) is -0.596. The molecule has 1 saturated carbocycles. The maximum Gasteiger partial charge on any atom is 0.188 e. The molecule has 0 aromatic heterocycles. The number of nitrogens with zero attached hydrogens (tertiary/aromatic N) is 1. The zero-order valence-electron chi connectivity index (χ0n) is 10.9. The Hall–Kier alpha value is -0.830. The summed E-state index contributed by atoms with van der Waals surface area (Å²) in [6.07, 6.45) is -9.13. The first kappa shape index (κ1) is 15.1. The average Bonchev–Trinajstić information content (AvgIpc) is 3.19. The van der Waals surface area contributed by atoms with E-state index in [4.69, 9.17) is 19.3 Å². The second-order valence-corrected chi connectivity index (χ2v) is 5.60. The Bertz CT molecular complexity index is 453. The normalized spacial score (nSPS) is 55.8. The molecular formula is C12H17NO8. The Balaban J connectivity index is 1.75. The zero-order valence-corrected chi connectivity index (χ0v) is 10.9. The molecule has 118 valence electrons. The van der Waals surface area contributed by atoms with Crippen LogP contribution in [0.3, 0.4) is 0 Å². The molecule has 2 saturated heterocycles. The summed E-state index contributed by atoms with van der Waals surface area (Å²) in [6, 6.07) is 1.86. The van der Waals surface area contributed by atoms with Crippen molar-refractivity contribution in [1.29, 1.82) is 5.26 Å². The summed E-state index contributed by atoms with van der Waals surface area (Å²) in [7, 11) is 0. The second-order valence-electron chi connectivity index (χ2n) is 5.60. The molecule has 0 aromatic rings. The molecule has 0 spiro atoms. The number of nitriles is 1. The van der Waals surface area contributed by atoms with Crippen LogP contribution in [0.1, 0.15) is 6.42 Å². The summed E-state index contributed by atoms with van der Waals surface area (Å²) >= 11 is 0. The molecule has 3 fully saturated rings. The van der Waals surface area contributed by atoms with Crippen molar-refractivity contribution in [2.75, 3.05) is 6.61 Å². The van der Waals surface area contributed by atoms with Crippen LogP contribution in [0.15, 0.2) is 0 Å². The van der Waals surface area contributed by atoms with E-state index in [1.807, 2.05) is 6.07 Å². The first-order valence-corrected chi connectivity index (χ1v) is 6.66. The minimum atomic E-state index is -1.61. The van der Waals surface area contributed by atoms with E-state index in [1.54, 1.807) is 0 Å². The molecule has 0 radical (unpaired) electrons.